The van der Waals surface area contributed by atoms with Gasteiger partial charge in [0.2, 0.25) is 0 Å². The molecule has 3 heterocycles. The fraction of sp³-hybridized carbons (Fsp3) is 0.435. The second-order valence-electron chi connectivity index (χ2n) is 8.23. The van der Waals surface area contributed by atoms with E-state index in [4.69, 9.17) is 14.4 Å². The molecule has 0 saturated heterocycles. The first-order valence-electron chi connectivity index (χ1n) is 10.4. The summed E-state index contributed by atoms with van der Waals surface area (Å²) in [6.07, 6.45) is 10.9. The molecule has 0 bridgehead atoms. The predicted molar refractivity (Wildman–Crippen MR) is 116 cm³/mol. The number of hydrogen-bond donors (Lipinski definition) is 0. The standard InChI is InChI=1S/C23H24BrN3O2/c24-18-6-7-21-19(10-18)22(28)17(14-29-21)13-27-9-8-20-16(12-27)11-25-23(26-20)15-4-2-1-3-5-15/h6-7,10-11,14-15H,1-5,8-9,12-13H2. The SMILES string of the molecule is O=c1c(CN2CCc3nc(C4CCCCC4)ncc3C2)coc2ccc(Br)cc12. The van der Waals surface area contributed by atoms with Crippen LogP contribution in [0.3, 0.4) is 0 Å². The van der Waals surface area contributed by atoms with Gasteiger partial charge in [-0.3, -0.25) is 9.69 Å². The summed E-state index contributed by atoms with van der Waals surface area (Å²) in [6, 6.07) is 5.54. The zero-order chi connectivity index (χ0) is 19.8. The van der Waals surface area contributed by atoms with Crippen LogP contribution in [0.5, 0.6) is 0 Å². The third-order valence-electron chi connectivity index (χ3n) is 6.20. The second kappa shape index (κ2) is 8.00. The highest BCUT2D eigenvalue weighted by molar-refractivity contribution is 9.10. The summed E-state index contributed by atoms with van der Waals surface area (Å²) in [4.78, 5) is 24.8. The Balaban J connectivity index is 1.34. The molecule has 29 heavy (non-hydrogen) atoms. The first-order valence-corrected chi connectivity index (χ1v) is 11.2. The monoisotopic (exact) mass is 453 g/mol. The first-order chi connectivity index (χ1) is 14.2. The van der Waals surface area contributed by atoms with Crippen LogP contribution in [0.2, 0.25) is 0 Å². The normalized spacial score (nSPS) is 18.1. The van der Waals surface area contributed by atoms with Crippen molar-refractivity contribution in [2.45, 2.75) is 57.5 Å². The summed E-state index contributed by atoms with van der Waals surface area (Å²) in [5.74, 6) is 1.58. The summed E-state index contributed by atoms with van der Waals surface area (Å²) in [5, 5.41) is 0.620. The smallest absolute Gasteiger partial charge is 0.197 e. The molecule has 0 N–H and O–H groups in total. The Hall–Kier alpha value is -2.05. The van der Waals surface area contributed by atoms with Gasteiger partial charge in [-0.2, -0.15) is 0 Å². The summed E-state index contributed by atoms with van der Waals surface area (Å²) in [6.45, 7) is 2.24. The lowest BCUT2D eigenvalue weighted by molar-refractivity contribution is 0.240. The van der Waals surface area contributed by atoms with Gasteiger partial charge in [0.25, 0.3) is 0 Å². The summed E-state index contributed by atoms with van der Waals surface area (Å²) < 4.78 is 6.58. The Morgan fingerprint density at radius 1 is 1.21 bits per heavy atom. The van der Waals surface area contributed by atoms with Crippen LogP contribution in [0.15, 0.2) is 44.3 Å². The van der Waals surface area contributed by atoms with Crippen molar-refractivity contribution in [3.63, 3.8) is 0 Å². The van der Waals surface area contributed by atoms with Crippen molar-refractivity contribution in [2.75, 3.05) is 6.54 Å². The summed E-state index contributed by atoms with van der Waals surface area (Å²) in [5.41, 5.74) is 3.73. The van der Waals surface area contributed by atoms with Crippen molar-refractivity contribution in [1.82, 2.24) is 14.9 Å². The van der Waals surface area contributed by atoms with Crippen LogP contribution in [0.1, 0.15) is 60.7 Å². The Labute approximate surface area is 178 Å². The Morgan fingerprint density at radius 2 is 2.07 bits per heavy atom. The fourth-order valence-electron chi connectivity index (χ4n) is 4.58. The van der Waals surface area contributed by atoms with Crippen LogP contribution in [0, 0.1) is 0 Å². The number of rotatable bonds is 3. The van der Waals surface area contributed by atoms with E-state index in [-0.39, 0.29) is 5.43 Å². The van der Waals surface area contributed by atoms with Crippen LogP contribution in [0.25, 0.3) is 11.0 Å². The molecule has 0 unspecified atom stereocenters. The van der Waals surface area contributed by atoms with E-state index in [2.05, 4.69) is 20.8 Å². The molecule has 1 aromatic carbocycles. The van der Waals surface area contributed by atoms with Crippen LogP contribution in [-0.2, 0) is 19.5 Å². The van der Waals surface area contributed by atoms with E-state index in [9.17, 15) is 4.79 Å². The quantitative estimate of drug-likeness (QED) is 0.561. The van der Waals surface area contributed by atoms with Gasteiger partial charge in [0, 0.05) is 59.5 Å². The maximum Gasteiger partial charge on any atom is 0.197 e. The van der Waals surface area contributed by atoms with E-state index < -0.39 is 0 Å². The maximum absolute atomic E-state index is 12.9. The van der Waals surface area contributed by atoms with Gasteiger partial charge in [-0.05, 0) is 31.0 Å². The molecule has 3 aromatic rings. The zero-order valence-electron chi connectivity index (χ0n) is 16.4. The molecule has 5 rings (SSSR count). The molecule has 5 nitrogen and oxygen atoms in total. The van der Waals surface area contributed by atoms with E-state index in [1.165, 1.54) is 43.4 Å². The summed E-state index contributed by atoms with van der Waals surface area (Å²) in [7, 11) is 0. The molecule has 1 aliphatic heterocycles. The molecule has 6 heteroatoms. The predicted octanol–water partition coefficient (Wildman–Crippen LogP) is 4.95. The zero-order valence-corrected chi connectivity index (χ0v) is 18.0. The number of hydrogen-bond acceptors (Lipinski definition) is 5. The lowest BCUT2D eigenvalue weighted by Crippen LogP contribution is -2.32. The molecule has 2 aromatic heterocycles. The molecule has 2 aliphatic rings. The summed E-state index contributed by atoms with van der Waals surface area (Å²) >= 11 is 3.44. The first kappa shape index (κ1) is 18.9. The minimum atomic E-state index is 0.0437. The molecule has 1 aliphatic carbocycles. The molecular formula is C23H24BrN3O2. The van der Waals surface area contributed by atoms with E-state index in [0.29, 0.717) is 29.0 Å². The Kier molecular flexibility index (Phi) is 5.22. The highest BCUT2D eigenvalue weighted by atomic mass is 79.9. The highest BCUT2D eigenvalue weighted by Gasteiger charge is 2.23. The highest BCUT2D eigenvalue weighted by Crippen LogP contribution is 2.31. The molecule has 150 valence electrons. The van der Waals surface area contributed by atoms with Crippen LogP contribution < -0.4 is 5.43 Å². The number of nitrogens with zero attached hydrogens (tertiary/aromatic N) is 3. The maximum atomic E-state index is 12.9. The number of fused-ring (bicyclic) bond motifs is 2. The van der Waals surface area contributed by atoms with Gasteiger partial charge in [-0.15, -0.1) is 0 Å². The Morgan fingerprint density at radius 3 is 2.93 bits per heavy atom. The molecule has 0 radical (unpaired) electrons. The van der Waals surface area contributed by atoms with Crippen LogP contribution in [-0.4, -0.2) is 21.4 Å². The van der Waals surface area contributed by atoms with Crippen LogP contribution >= 0.6 is 15.9 Å². The van der Waals surface area contributed by atoms with Gasteiger partial charge >= 0.3 is 0 Å². The van der Waals surface area contributed by atoms with E-state index in [1.807, 2.05) is 24.4 Å². The molecule has 1 fully saturated rings. The van der Waals surface area contributed by atoms with Crippen molar-refractivity contribution >= 4 is 26.9 Å². The van der Waals surface area contributed by atoms with Gasteiger partial charge in [-0.1, -0.05) is 35.2 Å². The van der Waals surface area contributed by atoms with Gasteiger partial charge in [0.05, 0.1) is 11.6 Å². The average Bonchev–Trinajstić information content (AvgIpc) is 2.76. The van der Waals surface area contributed by atoms with E-state index in [1.54, 1.807) is 6.26 Å². The molecule has 0 spiro atoms. The number of aromatic nitrogens is 2. The fourth-order valence-corrected chi connectivity index (χ4v) is 4.94. The second-order valence-corrected chi connectivity index (χ2v) is 9.14. The largest absolute Gasteiger partial charge is 0.464 e. The van der Waals surface area contributed by atoms with E-state index in [0.717, 1.165) is 29.8 Å². The van der Waals surface area contributed by atoms with Gasteiger partial charge in [0.1, 0.15) is 11.4 Å². The third kappa shape index (κ3) is 3.88. The molecule has 0 atom stereocenters. The van der Waals surface area contributed by atoms with Gasteiger partial charge in [0.15, 0.2) is 5.43 Å². The number of halogens is 1. The van der Waals surface area contributed by atoms with Gasteiger partial charge < -0.3 is 4.42 Å². The molecule has 1 saturated carbocycles. The van der Waals surface area contributed by atoms with Crippen molar-refractivity contribution in [1.29, 1.82) is 0 Å². The van der Waals surface area contributed by atoms with Crippen molar-refractivity contribution < 1.29 is 4.42 Å². The number of benzene rings is 1. The average molecular weight is 454 g/mol. The minimum absolute atomic E-state index is 0.0437. The van der Waals surface area contributed by atoms with Gasteiger partial charge in [-0.25, -0.2) is 9.97 Å². The van der Waals surface area contributed by atoms with Crippen molar-refractivity contribution in [2.24, 2.45) is 0 Å². The Bertz CT molecular complexity index is 1100. The topological polar surface area (TPSA) is 59.2 Å². The van der Waals surface area contributed by atoms with Crippen LogP contribution in [0.4, 0.5) is 0 Å². The lowest BCUT2D eigenvalue weighted by atomic mass is 9.88. The minimum Gasteiger partial charge on any atom is -0.464 e. The third-order valence-corrected chi connectivity index (χ3v) is 6.70. The van der Waals surface area contributed by atoms with E-state index >= 15 is 0 Å². The lowest BCUT2D eigenvalue weighted by Gasteiger charge is -2.28. The van der Waals surface area contributed by atoms with Crippen molar-refractivity contribution in [3.8, 4) is 0 Å². The molecular weight excluding hydrogens is 430 g/mol. The molecule has 0 amide bonds. The van der Waals surface area contributed by atoms with Crippen molar-refractivity contribution in [3.05, 3.63) is 68.0 Å².